The first-order valence-corrected chi connectivity index (χ1v) is 7.44. The van der Waals surface area contributed by atoms with E-state index in [2.05, 4.69) is 25.6 Å². The summed E-state index contributed by atoms with van der Waals surface area (Å²) in [5, 5.41) is 0. The molecule has 0 heterocycles. The summed E-state index contributed by atoms with van der Waals surface area (Å²) < 4.78 is 4.99. The van der Waals surface area contributed by atoms with Crippen LogP contribution in [0.4, 0.5) is 0 Å². The van der Waals surface area contributed by atoms with Crippen molar-refractivity contribution in [3.63, 3.8) is 0 Å². The molecule has 0 bridgehead atoms. The molecule has 1 rings (SSSR count). The fraction of sp³-hybridized carbons (Fsp3) is 0.444. The van der Waals surface area contributed by atoms with E-state index in [-0.39, 0.29) is 12.4 Å². The molecule has 0 aromatic heterocycles. The van der Waals surface area contributed by atoms with Crippen LogP contribution < -0.4 is 0 Å². The number of Topliss-reactive ketones (excluding diaryl/α,β-unsaturated/α-hetero) is 1. The molecule has 0 atom stereocenters. The second-order valence-electron chi connectivity index (χ2n) is 5.13. The summed E-state index contributed by atoms with van der Waals surface area (Å²) in [6.45, 7) is 11.0. The van der Waals surface area contributed by atoms with Crippen molar-refractivity contribution >= 4 is 11.8 Å². The number of ketones is 1. The van der Waals surface area contributed by atoms with Crippen LogP contribution in [0.3, 0.4) is 0 Å². The summed E-state index contributed by atoms with van der Waals surface area (Å²) in [7, 11) is 0. The molecular weight excluding hydrogens is 264 g/mol. The molecule has 114 valence electrons. The van der Waals surface area contributed by atoms with E-state index in [1.54, 1.807) is 6.92 Å². The van der Waals surface area contributed by atoms with Crippen molar-refractivity contribution < 1.29 is 14.3 Å². The Bertz CT molecular complexity index is 531. The molecule has 0 N–H and O–H groups in total. The quantitative estimate of drug-likeness (QED) is 0.437. The van der Waals surface area contributed by atoms with Gasteiger partial charge < -0.3 is 4.74 Å². The van der Waals surface area contributed by atoms with Gasteiger partial charge in [-0.2, -0.15) is 0 Å². The Hall–Kier alpha value is -1.90. The summed E-state index contributed by atoms with van der Waals surface area (Å²) in [6.07, 6.45) is 2.52. The molecule has 3 heteroatoms. The smallest absolute Gasteiger partial charge is 0.333 e. The molecule has 0 fully saturated rings. The van der Waals surface area contributed by atoms with Gasteiger partial charge in [-0.15, -0.1) is 0 Å². The third-order valence-electron chi connectivity index (χ3n) is 3.49. The molecule has 0 unspecified atom stereocenters. The first kappa shape index (κ1) is 17.2. The molecule has 0 aliphatic rings. The molecule has 21 heavy (non-hydrogen) atoms. The number of benzene rings is 1. The van der Waals surface area contributed by atoms with Gasteiger partial charge in [0.15, 0.2) is 6.61 Å². The van der Waals surface area contributed by atoms with E-state index in [1.807, 2.05) is 13.8 Å². The summed E-state index contributed by atoms with van der Waals surface area (Å²) >= 11 is 0. The fourth-order valence-corrected chi connectivity index (χ4v) is 2.29. The number of esters is 1. The Morgan fingerprint density at radius 1 is 1.05 bits per heavy atom. The Balaban J connectivity index is 3.07. The van der Waals surface area contributed by atoms with Gasteiger partial charge in [-0.25, -0.2) is 4.79 Å². The van der Waals surface area contributed by atoms with Gasteiger partial charge >= 0.3 is 5.97 Å². The van der Waals surface area contributed by atoms with Gasteiger partial charge in [-0.05, 0) is 42.9 Å². The topological polar surface area (TPSA) is 43.4 Å². The second-order valence-corrected chi connectivity index (χ2v) is 5.13. The maximum atomic E-state index is 12.4. The van der Waals surface area contributed by atoms with Gasteiger partial charge in [0.05, 0.1) is 0 Å². The molecule has 0 radical (unpaired) electrons. The number of carbonyl (C=O) groups is 2. The average Bonchev–Trinajstić information content (AvgIpc) is 2.50. The summed E-state index contributed by atoms with van der Waals surface area (Å²) in [4.78, 5) is 23.8. The largest absolute Gasteiger partial charge is 0.454 e. The summed E-state index contributed by atoms with van der Waals surface area (Å²) in [5.41, 5.74) is 4.31. The summed E-state index contributed by atoms with van der Waals surface area (Å²) in [5.74, 6) is -0.662. The lowest BCUT2D eigenvalue weighted by Crippen LogP contribution is -2.17. The normalized spacial score (nSPS) is 10.3. The highest BCUT2D eigenvalue weighted by molar-refractivity contribution is 6.01. The van der Waals surface area contributed by atoms with Crippen molar-refractivity contribution in [3.8, 4) is 0 Å². The van der Waals surface area contributed by atoms with Gasteiger partial charge in [-0.1, -0.05) is 39.5 Å². The van der Waals surface area contributed by atoms with Crippen LogP contribution >= 0.6 is 0 Å². The Morgan fingerprint density at radius 2 is 1.57 bits per heavy atom. The van der Waals surface area contributed by atoms with Crippen LogP contribution in [-0.2, 0) is 28.8 Å². The van der Waals surface area contributed by atoms with Crippen LogP contribution in [0.25, 0.3) is 0 Å². The highest BCUT2D eigenvalue weighted by Crippen LogP contribution is 2.21. The van der Waals surface area contributed by atoms with Crippen molar-refractivity contribution in [2.75, 3.05) is 6.61 Å². The number of carbonyl (C=O) groups excluding carboxylic acids is 2. The first-order valence-electron chi connectivity index (χ1n) is 7.44. The van der Waals surface area contributed by atoms with Gasteiger partial charge in [-0.3, -0.25) is 4.79 Å². The highest BCUT2D eigenvalue weighted by Gasteiger charge is 2.17. The Kier molecular flexibility index (Phi) is 6.35. The minimum absolute atomic E-state index is 0.138. The minimum Gasteiger partial charge on any atom is -0.454 e. The lowest BCUT2D eigenvalue weighted by molar-refractivity contribution is -0.137. The van der Waals surface area contributed by atoms with Crippen LogP contribution in [0.1, 0.15) is 54.7 Å². The zero-order valence-corrected chi connectivity index (χ0v) is 13.4. The molecule has 3 nitrogen and oxygen atoms in total. The maximum Gasteiger partial charge on any atom is 0.333 e. The standard InChI is InChI=1S/C18H24O3/c1-6-13-9-14(7-2)17(15(8-3)10-13)16(19)11-21-18(20)12(4)5/h9-10H,4,6-8,11H2,1-3,5H3. The number of hydrogen-bond acceptors (Lipinski definition) is 3. The molecule has 0 aliphatic heterocycles. The van der Waals surface area contributed by atoms with E-state index in [9.17, 15) is 9.59 Å². The van der Waals surface area contributed by atoms with Gasteiger partial charge in [0.25, 0.3) is 0 Å². The van der Waals surface area contributed by atoms with Crippen LogP contribution in [0, 0.1) is 0 Å². The lowest BCUT2D eigenvalue weighted by atomic mass is 9.91. The molecule has 1 aromatic rings. The van der Waals surface area contributed by atoms with E-state index in [1.165, 1.54) is 5.56 Å². The molecule has 0 amide bonds. The van der Waals surface area contributed by atoms with Crippen molar-refractivity contribution in [1.82, 2.24) is 0 Å². The number of ether oxygens (including phenoxy) is 1. The Labute approximate surface area is 127 Å². The van der Waals surface area contributed by atoms with Gasteiger partial charge in [0.2, 0.25) is 5.78 Å². The monoisotopic (exact) mass is 288 g/mol. The molecule has 0 aliphatic carbocycles. The van der Waals surface area contributed by atoms with Gasteiger partial charge in [0.1, 0.15) is 0 Å². The average molecular weight is 288 g/mol. The van der Waals surface area contributed by atoms with Crippen LogP contribution in [0.5, 0.6) is 0 Å². The number of aryl methyl sites for hydroxylation is 3. The molecule has 0 saturated carbocycles. The van der Waals surface area contributed by atoms with E-state index in [0.717, 1.165) is 30.4 Å². The maximum absolute atomic E-state index is 12.4. The minimum atomic E-state index is -0.523. The third-order valence-corrected chi connectivity index (χ3v) is 3.49. The zero-order valence-electron chi connectivity index (χ0n) is 13.4. The van der Waals surface area contributed by atoms with Crippen molar-refractivity contribution in [3.05, 3.63) is 46.5 Å². The predicted octanol–water partition coefficient (Wildman–Crippen LogP) is 3.68. The Morgan fingerprint density at radius 3 is 1.95 bits per heavy atom. The van der Waals surface area contributed by atoms with Crippen molar-refractivity contribution in [2.45, 2.75) is 47.0 Å². The number of hydrogen-bond donors (Lipinski definition) is 0. The van der Waals surface area contributed by atoms with Crippen LogP contribution in [0.15, 0.2) is 24.3 Å². The van der Waals surface area contributed by atoms with E-state index in [4.69, 9.17) is 4.74 Å². The molecule has 0 saturated heterocycles. The molecular formula is C18H24O3. The van der Waals surface area contributed by atoms with E-state index >= 15 is 0 Å². The lowest BCUT2D eigenvalue weighted by Gasteiger charge is -2.14. The van der Waals surface area contributed by atoms with Crippen molar-refractivity contribution in [2.24, 2.45) is 0 Å². The first-order chi connectivity index (χ1) is 9.94. The predicted molar refractivity (Wildman–Crippen MR) is 84.7 cm³/mol. The molecule has 0 spiro atoms. The highest BCUT2D eigenvalue weighted by atomic mass is 16.5. The van der Waals surface area contributed by atoms with Gasteiger partial charge in [0, 0.05) is 11.1 Å². The third kappa shape index (κ3) is 4.28. The van der Waals surface area contributed by atoms with Crippen LogP contribution in [-0.4, -0.2) is 18.4 Å². The van der Waals surface area contributed by atoms with Crippen LogP contribution in [0.2, 0.25) is 0 Å². The fourth-order valence-electron chi connectivity index (χ4n) is 2.29. The van der Waals surface area contributed by atoms with E-state index in [0.29, 0.717) is 11.1 Å². The SMILES string of the molecule is C=C(C)C(=O)OCC(=O)c1c(CC)cc(CC)cc1CC. The number of rotatable bonds is 7. The molecule has 1 aromatic carbocycles. The summed E-state index contributed by atoms with van der Waals surface area (Å²) in [6, 6.07) is 4.15. The zero-order chi connectivity index (χ0) is 16.0. The van der Waals surface area contributed by atoms with Crippen molar-refractivity contribution in [1.29, 1.82) is 0 Å². The second kappa shape index (κ2) is 7.77. The van der Waals surface area contributed by atoms with E-state index < -0.39 is 5.97 Å².